The average molecular weight is 261 g/mol. The molecular formula is C10H10BrFO2. The number of halogens is 2. The lowest BCUT2D eigenvalue weighted by Crippen LogP contribution is -2.01. The molecular weight excluding hydrogens is 251 g/mol. The first-order valence-corrected chi connectivity index (χ1v) is 5.25. The van der Waals surface area contributed by atoms with E-state index in [-0.39, 0.29) is 18.5 Å². The minimum atomic E-state index is -0.371. The largest absolute Gasteiger partial charge is 0.489 e. The Morgan fingerprint density at radius 2 is 2.21 bits per heavy atom. The van der Waals surface area contributed by atoms with Crippen LogP contribution in [0.5, 0.6) is 5.75 Å². The summed E-state index contributed by atoms with van der Waals surface area (Å²) < 4.78 is 19.1. The minimum absolute atomic E-state index is 0.210. The first kappa shape index (κ1) is 9.93. The second-order valence-electron chi connectivity index (χ2n) is 3.35. The third-order valence-corrected chi connectivity index (χ3v) is 2.65. The molecule has 1 fully saturated rings. The molecule has 0 aromatic heterocycles. The first-order chi connectivity index (χ1) is 6.70. The lowest BCUT2D eigenvalue weighted by atomic mass is 10.2. The third-order valence-electron chi connectivity index (χ3n) is 2.06. The second kappa shape index (κ2) is 3.87. The second-order valence-corrected chi connectivity index (χ2v) is 4.21. The summed E-state index contributed by atoms with van der Waals surface area (Å²) in [5, 5.41) is 9.03. The van der Waals surface area contributed by atoms with Crippen LogP contribution in [0.25, 0.3) is 0 Å². The van der Waals surface area contributed by atoms with Crippen molar-refractivity contribution in [1.82, 2.24) is 0 Å². The van der Waals surface area contributed by atoms with Gasteiger partial charge in [0.05, 0.1) is 17.2 Å². The number of benzene rings is 1. The molecule has 4 heteroatoms. The van der Waals surface area contributed by atoms with Crippen LogP contribution in [0.1, 0.15) is 18.4 Å². The van der Waals surface area contributed by atoms with Crippen molar-refractivity contribution in [3.8, 4) is 5.75 Å². The van der Waals surface area contributed by atoms with Crippen LogP contribution in [0.4, 0.5) is 4.39 Å². The molecule has 1 aliphatic carbocycles. The fourth-order valence-electron chi connectivity index (χ4n) is 1.22. The van der Waals surface area contributed by atoms with E-state index < -0.39 is 0 Å². The highest BCUT2D eigenvalue weighted by Gasteiger charge is 2.25. The van der Waals surface area contributed by atoms with Crippen molar-refractivity contribution < 1.29 is 14.2 Å². The Labute approximate surface area is 89.8 Å². The molecule has 0 radical (unpaired) electrons. The molecule has 0 saturated heterocycles. The number of hydrogen-bond donors (Lipinski definition) is 1. The van der Waals surface area contributed by atoms with Crippen molar-refractivity contribution in [2.75, 3.05) is 0 Å². The summed E-state index contributed by atoms with van der Waals surface area (Å²) in [5.41, 5.74) is 0.490. The average Bonchev–Trinajstić information content (AvgIpc) is 2.93. The molecule has 0 bridgehead atoms. The van der Waals surface area contributed by atoms with Crippen LogP contribution in [0.2, 0.25) is 0 Å². The standard InChI is InChI=1S/C10H10BrFO2/c11-9-4-7(12)3-6(5-13)10(9)14-8-1-2-8/h3-4,8,13H,1-2,5H2. The quantitative estimate of drug-likeness (QED) is 0.906. The van der Waals surface area contributed by atoms with E-state index >= 15 is 0 Å². The van der Waals surface area contributed by atoms with Gasteiger partial charge in [-0.15, -0.1) is 0 Å². The number of ether oxygens (including phenoxy) is 1. The van der Waals surface area contributed by atoms with E-state index in [2.05, 4.69) is 15.9 Å². The highest BCUT2D eigenvalue weighted by atomic mass is 79.9. The van der Waals surface area contributed by atoms with Crippen molar-refractivity contribution in [1.29, 1.82) is 0 Å². The van der Waals surface area contributed by atoms with Crippen molar-refractivity contribution in [3.05, 3.63) is 28.0 Å². The molecule has 1 aromatic rings. The summed E-state index contributed by atoms with van der Waals surface area (Å²) >= 11 is 3.22. The summed E-state index contributed by atoms with van der Waals surface area (Å²) in [6.45, 7) is -0.210. The van der Waals surface area contributed by atoms with Crippen LogP contribution in [0.3, 0.4) is 0 Å². The molecule has 2 nitrogen and oxygen atoms in total. The molecule has 0 spiro atoms. The van der Waals surface area contributed by atoms with Crippen molar-refractivity contribution in [2.24, 2.45) is 0 Å². The fourth-order valence-corrected chi connectivity index (χ4v) is 1.78. The van der Waals surface area contributed by atoms with Gasteiger partial charge in [0.25, 0.3) is 0 Å². The number of aliphatic hydroxyl groups is 1. The predicted octanol–water partition coefficient (Wildman–Crippen LogP) is 2.62. The maximum Gasteiger partial charge on any atom is 0.139 e. The van der Waals surface area contributed by atoms with E-state index in [0.717, 1.165) is 12.8 Å². The Kier molecular flexibility index (Phi) is 2.74. The van der Waals surface area contributed by atoms with E-state index in [9.17, 15) is 4.39 Å². The van der Waals surface area contributed by atoms with Crippen molar-refractivity contribution >= 4 is 15.9 Å². The van der Waals surface area contributed by atoms with Gasteiger partial charge in [0.2, 0.25) is 0 Å². The van der Waals surface area contributed by atoms with E-state index in [1.165, 1.54) is 12.1 Å². The van der Waals surface area contributed by atoms with Crippen LogP contribution in [-0.4, -0.2) is 11.2 Å². The zero-order valence-electron chi connectivity index (χ0n) is 7.46. The highest BCUT2D eigenvalue weighted by molar-refractivity contribution is 9.10. The van der Waals surface area contributed by atoms with Crippen LogP contribution in [0.15, 0.2) is 16.6 Å². The lowest BCUT2D eigenvalue weighted by Gasteiger charge is -2.11. The molecule has 1 aliphatic rings. The van der Waals surface area contributed by atoms with Gasteiger partial charge in [-0.3, -0.25) is 0 Å². The van der Waals surface area contributed by atoms with Gasteiger partial charge in [0, 0.05) is 5.56 Å². The molecule has 1 aromatic carbocycles. The third kappa shape index (κ3) is 2.07. The van der Waals surface area contributed by atoms with Gasteiger partial charge in [-0.05, 0) is 40.9 Å². The molecule has 76 valence electrons. The summed E-state index contributed by atoms with van der Waals surface area (Å²) in [4.78, 5) is 0. The Morgan fingerprint density at radius 1 is 1.50 bits per heavy atom. The van der Waals surface area contributed by atoms with Crippen LogP contribution in [0, 0.1) is 5.82 Å². The SMILES string of the molecule is OCc1cc(F)cc(Br)c1OC1CC1. The monoisotopic (exact) mass is 260 g/mol. The topological polar surface area (TPSA) is 29.5 Å². The zero-order valence-corrected chi connectivity index (χ0v) is 9.05. The summed E-state index contributed by atoms with van der Waals surface area (Å²) in [7, 11) is 0. The Balaban J connectivity index is 2.33. The number of aliphatic hydroxyl groups excluding tert-OH is 1. The highest BCUT2D eigenvalue weighted by Crippen LogP contribution is 2.35. The van der Waals surface area contributed by atoms with Crippen LogP contribution >= 0.6 is 15.9 Å². The molecule has 1 saturated carbocycles. The Morgan fingerprint density at radius 3 is 2.79 bits per heavy atom. The van der Waals surface area contributed by atoms with Crippen LogP contribution < -0.4 is 4.74 Å². The molecule has 0 atom stereocenters. The zero-order chi connectivity index (χ0) is 10.1. The lowest BCUT2D eigenvalue weighted by molar-refractivity contribution is 0.256. The number of hydrogen-bond acceptors (Lipinski definition) is 2. The van der Waals surface area contributed by atoms with Crippen molar-refractivity contribution in [3.63, 3.8) is 0 Å². The molecule has 1 N–H and O–H groups in total. The predicted molar refractivity (Wildman–Crippen MR) is 53.7 cm³/mol. The van der Waals surface area contributed by atoms with Crippen molar-refractivity contribution in [2.45, 2.75) is 25.6 Å². The van der Waals surface area contributed by atoms with Gasteiger partial charge in [0.15, 0.2) is 0 Å². The smallest absolute Gasteiger partial charge is 0.139 e. The van der Waals surface area contributed by atoms with Gasteiger partial charge in [-0.25, -0.2) is 4.39 Å². The van der Waals surface area contributed by atoms with Crippen LogP contribution in [-0.2, 0) is 6.61 Å². The normalized spacial score (nSPS) is 15.6. The van der Waals surface area contributed by atoms with E-state index in [4.69, 9.17) is 9.84 Å². The molecule has 0 amide bonds. The maximum atomic E-state index is 13.0. The summed E-state index contributed by atoms with van der Waals surface area (Å²) in [6, 6.07) is 2.64. The summed E-state index contributed by atoms with van der Waals surface area (Å²) in [6.07, 6.45) is 2.31. The Bertz CT molecular complexity index is 350. The van der Waals surface area contributed by atoms with E-state index in [1.807, 2.05) is 0 Å². The van der Waals surface area contributed by atoms with Gasteiger partial charge < -0.3 is 9.84 Å². The van der Waals surface area contributed by atoms with Gasteiger partial charge >= 0.3 is 0 Å². The minimum Gasteiger partial charge on any atom is -0.489 e. The summed E-state index contributed by atoms with van der Waals surface area (Å²) in [5.74, 6) is 0.195. The Hall–Kier alpha value is -0.610. The van der Waals surface area contributed by atoms with Gasteiger partial charge in [-0.1, -0.05) is 0 Å². The molecule has 0 unspecified atom stereocenters. The fraction of sp³-hybridized carbons (Fsp3) is 0.400. The van der Waals surface area contributed by atoms with Gasteiger partial charge in [-0.2, -0.15) is 0 Å². The first-order valence-electron chi connectivity index (χ1n) is 4.46. The van der Waals surface area contributed by atoms with Gasteiger partial charge in [0.1, 0.15) is 11.6 Å². The molecule has 0 aliphatic heterocycles. The van der Waals surface area contributed by atoms with E-state index in [1.54, 1.807) is 0 Å². The molecule has 14 heavy (non-hydrogen) atoms. The molecule has 2 rings (SSSR count). The maximum absolute atomic E-state index is 13.0. The van der Waals surface area contributed by atoms with E-state index in [0.29, 0.717) is 15.8 Å². The molecule has 0 heterocycles. The number of rotatable bonds is 3.